The maximum atomic E-state index is 13.0. The highest BCUT2D eigenvalue weighted by Crippen LogP contribution is 2.45. The molecule has 1 aromatic carbocycles. The summed E-state index contributed by atoms with van der Waals surface area (Å²) in [4.78, 5) is 14.7. The number of hydrogen-bond acceptors (Lipinski definition) is 4. The fourth-order valence-electron chi connectivity index (χ4n) is 4.39. The van der Waals surface area contributed by atoms with Crippen molar-refractivity contribution >= 4 is 26.6 Å². The van der Waals surface area contributed by atoms with Gasteiger partial charge in [0.1, 0.15) is 4.75 Å². The van der Waals surface area contributed by atoms with E-state index in [4.69, 9.17) is 4.74 Å². The third kappa shape index (κ3) is 2.41. The highest BCUT2D eigenvalue weighted by molar-refractivity contribution is 7.93. The van der Waals surface area contributed by atoms with Crippen molar-refractivity contribution in [2.24, 2.45) is 13.0 Å². The number of aryl methyl sites for hydroxylation is 1. The lowest BCUT2D eigenvalue weighted by Crippen LogP contribution is -2.68. The zero-order chi connectivity index (χ0) is 18.5. The minimum Gasteiger partial charge on any atom is -0.381 e. The summed E-state index contributed by atoms with van der Waals surface area (Å²) in [6, 6.07) is 7.76. The molecule has 2 aliphatic heterocycles. The molecule has 2 aliphatic rings. The topological polar surface area (TPSA) is 68.6 Å². The van der Waals surface area contributed by atoms with E-state index < -0.39 is 14.6 Å². The summed E-state index contributed by atoms with van der Waals surface area (Å²) >= 11 is 0. The fourth-order valence-corrected chi connectivity index (χ4v) is 6.79. The molecule has 2 saturated heterocycles. The van der Waals surface area contributed by atoms with Crippen LogP contribution in [0.2, 0.25) is 0 Å². The monoisotopic (exact) mass is 376 g/mol. The van der Waals surface area contributed by atoms with Gasteiger partial charge in [-0.25, -0.2) is 8.42 Å². The third-order valence-electron chi connectivity index (χ3n) is 5.95. The number of amides is 1. The second-order valence-corrected chi connectivity index (χ2v) is 9.81. The van der Waals surface area contributed by atoms with Crippen LogP contribution in [0.25, 0.3) is 10.9 Å². The van der Waals surface area contributed by atoms with Crippen molar-refractivity contribution in [3.05, 3.63) is 36.0 Å². The molecule has 0 N–H and O–H groups in total. The maximum absolute atomic E-state index is 13.0. The average molecular weight is 376 g/mol. The molecule has 7 heteroatoms. The second-order valence-electron chi connectivity index (χ2n) is 7.36. The Balaban J connectivity index is 1.59. The molecule has 1 atom stereocenters. The van der Waals surface area contributed by atoms with Crippen LogP contribution in [-0.2, 0) is 21.6 Å². The van der Waals surface area contributed by atoms with Gasteiger partial charge >= 0.3 is 0 Å². The standard InChI is InChI=1S/C19H24N2O4S/c1-3-25-11-14-8-9-26(23,24)19(14)12-21(13-19)18(22)16-10-20(2)17-7-5-4-6-15(16)17/h4-7,10,14H,3,8-9,11-13H2,1-2H3. The van der Waals surface area contributed by atoms with Gasteiger partial charge in [0, 0.05) is 49.8 Å². The molecule has 0 radical (unpaired) electrons. The summed E-state index contributed by atoms with van der Waals surface area (Å²) in [5, 5.41) is 0.904. The van der Waals surface area contributed by atoms with Crippen molar-refractivity contribution in [3.63, 3.8) is 0 Å². The van der Waals surface area contributed by atoms with Crippen molar-refractivity contribution in [1.82, 2.24) is 9.47 Å². The van der Waals surface area contributed by atoms with Gasteiger partial charge in [-0.3, -0.25) is 4.79 Å². The third-order valence-corrected chi connectivity index (χ3v) is 8.56. The number of hydrogen-bond donors (Lipinski definition) is 0. The molecule has 26 heavy (non-hydrogen) atoms. The SMILES string of the molecule is CCOCC1CCS(=O)(=O)C12CN(C(=O)c1cn(C)c3ccccc13)C2. The number of likely N-dealkylation sites (tertiary alicyclic amines) is 1. The summed E-state index contributed by atoms with van der Waals surface area (Å²) in [6.07, 6.45) is 2.46. The first kappa shape index (κ1) is 17.5. The molecular weight excluding hydrogens is 352 g/mol. The highest BCUT2D eigenvalue weighted by Gasteiger charge is 2.62. The van der Waals surface area contributed by atoms with Crippen LogP contribution in [0.5, 0.6) is 0 Å². The molecule has 2 fully saturated rings. The number of carbonyl (C=O) groups excluding carboxylic acids is 1. The van der Waals surface area contributed by atoms with E-state index >= 15 is 0 Å². The van der Waals surface area contributed by atoms with E-state index in [1.54, 1.807) is 4.90 Å². The van der Waals surface area contributed by atoms with E-state index in [2.05, 4.69) is 0 Å². The van der Waals surface area contributed by atoms with Gasteiger partial charge in [0.15, 0.2) is 9.84 Å². The number of fused-ring (bicyclic) bond motifs is 1. The van der Waals surface area contributed by atoms with Crippen molar-refractivity contribution in [3.8, 4) is 0 Å². The van der Waals surface area contributed by atoms with Crippen molar-refractivity contribution in [2.45, 2.75) is 18.1 Å². The van der Waals surface area contributed by atoms with Gasteiger partial charge in [-0.1, -0.05) is 18.2 Å². The lowest BCUT2D eigenvalue weighted by Gasteiger charge is -2.49. The number of ether oxygens (including phenoxy) is 1. The number of rotatable bonds is 4. The van der Waals surface area contributed by atoms with E-state index in [0.717, 1.165) is 10.9 Å². The van der Waals surface area contributed by atoms with Gasteiger partial charge in [-0.15, -0.1) is 0 Å². The number of sulfone groups is 1. The predicted octanol–water partition coefficient (Wildman–Crippen LogP) is 1.84. The smallest absolute Gasteiger partial charge is 0.256 e. The van der Waals surface area contributed by atoms with Crippen LogP contribution >= 0.6 is 0 Å². The number of aromatic nitrogens is 1. The van der Waals surface area contributed by atoms with Gasteiger partial charge in [-0.05, 0) is 19.4 Å². The summed E-state index contributed by atoms with van der Waals surface area (Å²) in [7, 11) is -1.28. The lowest BCUT2D eigenvalue weighted by molar-refractivity contribution is 0.0272. The number of benzene rings is 1. The van der Waals surface area contributed by atoms with Crippen molar-refractivity contribution in [1.29, 1.82) is 0 Å². The van der Waals surface area contributed by atoms with E-state index in [1.807, 2.05) is 49.0 Å². The maximum Gasteiger partial charge on any atom is 0.256 e. The first-order chi connectivity index (χ1) is 12.4. The minimum absolute atomic E-state index is 0.0241. The molecule has 0 saturated carbocycles. The molecule has 1 spiro atoms. The van der Waals surface area contributed by atoms with Gasteiger partial charge in [-0.2, -0.15) is 0 Å². The Morgan fingerprint density at radius 3 is 2.77 bits per heavy atom. The Bertz CT molecular complexity index is 957. The van der Waals surface area contributed by atoms with Crippen LogP contribution < -0.4 is 0 Å². The molecule has 4 rings (SSSR count). The number of carbonyl (C=O) groups is 1. The zero-order valence-electron chi connectivity index (χ0n) is 15.1. The fraction of sp³-hybridized carbons (Fsp3) is 0.526. The average Bonchev–Trinajstić information content (AvgIpc) is 3.05. The van der Waals surface area contributed by atoms with E-state index in [-0.39, 0.29) is 30.7 Å². The van der Waals surface area contributed by atoms with Crippen molar-refractivity contribution in [2.75, 3.05) is 32.1 Å². The lowest BCUT2D eigenvalue weighted by atomic mass is 9.83. The Kier molecular flexibility index (Phi) is 4.11. The summed E-state index contributed by atoms with van der Waals surface area (Å²) < 4.78 is 32.0. The van der Waals surface area contributed by atoms with Crippen LogP contribution in [-0.4, -0.2) is 60.6 Å². The van der Waals surface area contributed by atoms with E-state index in [0.29, 0.717) is 25.2 Å². The Labute approximate surface area is 153 Å². The normalized spacial score (nSPS) is 23.5. The molecular formula is C19H24N2O4S. The molecule has 1 amide bonds. The van der Waals surface area contributed by atoms with Gasteiger partial charge in [0.05, 0.1) is 17.9 Å². The molecule has 6 nitrogen and oxygen atoms in total. The number of nitrogens with zero attached hydrogens (tertiary/aromatic N) is 2. The first-order valence-corrected chi connectivity index (χ1v) is 10.7. The molecule has 140 valence electrons. The van der Waals surface area contributed by atoms with E-state index in [9.17, 15) is 13.2 Å². The van der Waals surface area contributed by atoms with Gasteiger partial charge in [0.2, 0.25) is 0 Å². The van der Waals surface area contributed by atoms with Crippen molar-refractivity contribution < 1.29 is 17.9 Å². The zero-order valence-corrected chi connectivity index (χ0v) is 16.0. The van der Waals surface area contributed by atoms with Crippen LogP contribution in [0, 0.1) is 5.92 Å². The molecule has 0 bridgehead atoms. The Hall–Kier alpha value is -1.86. The molecule has 2 aromatic rings. The van der Waals surface area contributed by atoms with Crippen LogP contribution in [0.3, 0.4) is 0 Å². The van der Waals surface area contributed by atoms with E-state index in [1.165, 1.54) is 0 Å². The Morgan fingerprint density at radius 1 is 1.31 bits per heavy atom. The first-order valence-electron chi connectivity index (χ1n) is 9.03. The van der Waals surface area contributed by atoms with Gasteiger partial charge in [0.25, 0.3) is 5.91 Å². The molecule has 3 heterocycles. The van der Waals surface area contributed by atoms with Crippen LogP contribution in [0.15, 0.2) is 30.5 Å². The predicted molar refractivity (Wildman–Crippen MR) is 99.9 cm³/mol. The summed E-state index contributed by atoms with van der Waals surface area (Å²) in [6.45, 7) is 3.48. The molecule has 1 unspecified atom stereocenters. The summed E-state index contributed by atoms with van der Waals surface area (Å²) in [5.74, 6) is 0.0785. The quantitative estimate of drug-likeness (QED) is 0.817. The Morgan fingerprint density at radius 2 is 2.04 bits per heavy atom. The summed E-state index contributed by atoms with van der Waals surface area (Å²) in [5.41, 5.74) is 1.63. The highest BCUT2D eigenvalue weighted by atomic mass is 32.2. The van der Waals surface area contributed by atoms with Crippen LogP contribution in [0.1, 0.15) is 23.7 Å². The van der Waals surface area contributed by atoms with Crippen LogP contribution in [0.4, 0.5) is 0 Å². The minimum atomic E-state index is -3.19. The largest absolute Gasteiger partial charge is 0.381 e. The number of para-hydroxylation sites is 1. The molecule has 0 aliphatic carbocycles. The second kappa shape index (κ2) is 6.09. The molecule has 1 aromatic heterocycles. The van der Waals surface area contributed by atoms with Gasteiger partial charge < -0.3 is 14.2 Å².